The minimum atomic E-state index is -0.550. The number of aryl methyl sites for hydroxylation is 1. The van der Waals surface area contributed by atoms with Gasteiger partial charge >= 0.3 is 5.97 Å². The average molecular weight is 398 g/mol. The number of likely N-dealkylation sites (N-methyl/N-ethyl adjacent to an activating group) is 1. The van der Waals surface area contributed by atoms with Gasteiger partial charge in [0.2, 0.25) is 5.91 Å². The summed E-state index contributed by atoms with van der Waals surface area (Å²) >= 11 is 0. The second kappa shape index (κ2) is 8.06. The summed E-state index contributed by atoms with van der Waals surface area (Å²) in [7, 11) is 1.52. The van der Waals surface area contributed by atoms with E-state index in [9.17, 15) is 14.4 Å². The van der Waals surface area contributed by atoms with Gasteiger partial charge < -0.3 is 15.4 Å². The monoisotopic (exact) mass is 398 g/mol. The number of aromatic nitrogens is 2. The van der Waals surface area contributed by atoms with Crippen molar-refractivity contribution in [1.82, 2.24) is 14.9 Å². The Labute approximate surface area is 169 Å². The highest BCUT2D eigenvalue weighted by Crippen LogP contribution is 2.29. The number of benzene rings is 1. The van der Waals surface area contributed by atoms with Crippen molar-refractivity contribution in [3.63, 3.8) is 0 Å². The highest BCUT2D eigenvalue weighted by Gasteiger charge is 2.24. The van der Waals surface area contributed by atoms with Crippen molar-refractivity contribution in [1.29, 1.82) is 0 Å². The zero-order valence-electron chi connectivity index (χ0n) is 17.1. The molecule has 8 nitrogen and oxygen atoms in total. The summed E-state index contributed by atoms with van der Waals surface area (Å²) in [5, 5.41) is 5.76. The van der Waals surface area contributed by atoms with Crippen molar-refractivity contribution in [2.75, 3.05) is 12.4 Å². The maximum Gasteiger partial charge on any atom is 0.338 e. The summed E-state index contributed by atoms with van der Waals surface area (Å²) in [4.78, 5) is 40.9. The maximum atomic E-state index is 12.7. The van der Waals surface area contributed by atoms with Crippen LogP contribution < -0.4 is 16.2 Å². The fourth-order valence-corrected chi connectivity index (χ4v) is 3.17. The van der Waals surface area contributed by atoms with Gasteiger partial charge in [-0.05, 0) is 51.3 Å². The number of hydrogen-bond donors (Lipinski definition) is 2. The van der Waals surface area contributed by atoms with Crippen molar-refractivity contribution < 1.29 is 14.3 Å². The van der Waals surface area contributed by atoms with Gasteiger partial charge in [-0.15, -0.1) is 0 Å². The van der Waals surface area contributed by atoms with E-state index in [2.05, 4.69) is 15.6 Å². The standard InChI is InChI=1S/C21H26N4O4/c1-21(2,3)29-20(28)14-7-5-13(6-8-14)15-9-10-16-18(24-15)19(27)25(12-23-16)11-17(26)22-4/h5-8,12,15,24H,9-11H2,1-4H3,(H,22,26). The maximum absolute atomic E-state index is 12.7. The number of ether oxygens (including phenoxy) is 1. The summed E-state index contributed by atoms with van der Waals surface area (Å²) in [6, 6.07) is 7.10. The highest BCUT2D eigenvalue weighted by molar-refractivity contribution is 5.89. The molecule has 1 amide bonds. The van der Waals surface area contributed by atoms with E-state index in [1.54, 1.807) is 12.1 Å². The number of carbonyl (C=O) groups is 2. The summed E-state index contributed by atoms with van der Waals surface area (Å²) in [5.41, 5.74) is 1.74. The molecule has 29 heavy (non-hydrogen) atoms. The molecule has 0 spiro atoms. The van der Waals surface area contributed by atoms with Gasteiger partial charge in [0.05, 0.1) is 23.6 Å². The zero-order chi connectivity index (χ0) is 21.2. The van der Waals surface area contributed by atoms with Crippen LogP contribution in [-0.2, 0) is 22.5 Å². The van der Waals surface area contributed by atoms with Crippen LogP contribution >= 0.6 is 0 Å². The molecule has 0 saturated heterocycles. The second-order valence-corrected chi connectivity index (χ2v) is 8.03. The third-order valence-electron chi connectivity index (χ3n) is 4.65. The molecule has 1 unspecified atom stereocenters. The van der Waals surface area contributed by atoms with Crippen LogP contribution in [0.4, 0.5) is 5.69 Å². The van der Waals surface area contributed by atoms with E-state index in [4.69, 9.17) is 4.74 Å². The lowest BCUT2D eigenvalue weighted by atomic mass is 9.96. The van der Waals surface area contributed by atoms with Crippen LogP contribution in [0.25, 0.3) is 0 Å². The lowest BCUT2D eigenvalue weighted by molar-refractivity contribution is -0.121. The van der Waals surface area contributed by atoms with Gasteiger partial charge in [0.15, 0.2) is 0 Å². The van der Waals surface area contributed by atoms with Crippen LogP contribution in [0, 0.1) is 0 Å². The molecule has 2 aromatic rings. The minimum Gasteiger partial charge on any atom is -0.456 e. The fourth-order valence-electron chi connectivity index (χ4n) is 3.17. The van der Waals surface area contributed by atoms with E-state index < -0.39 is 5.60 Å². The number of esters is 1. The molecule has 0 aliphatic carbocycles. The molecule has 1 atom stereocenters. The molecule has 0 bridgehead atoms. The third-order valence-corrected chi connectivity index (χ3v) is 4.65. The Balaban J connectivity index is 1.78. The zero-order valence-corrected chi connectivity index (χ0v) is 17.1. The van der Waals surface area contributed by atoms with Gasteiger partial charge in [-0.3, -0.25) is 14.2 Å². The van der Waals surface area contributed by atoms with Gasteiger partial charge in [0.1, 0.15) is 17.8 Å². The van der Waals surface area contributed by atoms with Crippen LogP contribution in [0.15, 0.2) is 35.4 Å². The Morgan fingerprint density at radius 1 is 1.28 bits per heavy atom. The van der Waals surface area contributed by atoms with E-state index in [0.29, 0.717) is 23.4 Å². The van der Waals surface area contributed by atoms with E-state index in [0.717, 1.165) is 12.0 Å². The quantitative estimate of drug-likeness (QED) is 0.764. The number of fused-ring (bicyclic) bond motifs is 1. The third kappa shape index (κ3) is 4.82. The van der Waals surface area contributed by atoms with Crippen LogP contribution in [0.1, 0.15) is 54.8 Å². The number of anilines is 1. The van der Waals surface area contributed by atoms with E-state index in [1.807, 2.05) is 32.9 Å². The Hall–Kier alpha value is -3.16. The number of hydrogen-bond acceptors (Lipinski definition) is 6. The number of amides is 1. The molecule has 1 aliphatic rings. The van der Waals surface area contributed by atoms with Gasteiger partial charge in [-0.1, -0.05) is 12.1 Å². The summed E-state index contributed by atoms with van der Waals surface area (Å²) in [6.45, 7) is 5.40. The average Bonchev–Trinajstić information content (AvgIpc) is 2.68. The Bertz CT molecular complexity index is 974. The molecule has 1 aromatic heterocycles. The van der Waals surface area contributed by atoms with Crippen molar-refractivity contribution in [3.05, 3.63) is 57.8 Å². The van der Waals surface area contributed by atoms with Crippen molar-refractivity contribution >= 4 is 17.6 Å². The predicted molar refractivity (Wildman–Crippen MR) is 109 cm³/mol. The van der Waals surface area contributed by atoms with Gasteiger partial charge in [-0.25, -0.2) is 9.78 Å². The molecule has 2 heterocycles. The smallest absolute Gasteiger partial charge is 0.338 e. The van der Waals surface area contributed by atoms with E-state index in [-0.39, 0.29) is 30.0 Å². The number of rotatable bonds is 4. The number of nitrogens with zero attached hydrogens (tertiary/aromatic N) is 2. The van der Waals surface area contributed by atoms with Crippen LogP contribution in [-0.4, -0.2) is 34.1 Å². The van der Waals surface area contributed by atoms with Crippen LogP contribution in [0.3, 0.4) is 0 Å². The van der Waals surface area contributed by atoms with Gasteiger partial charge in [0.25, 0.3) is 5.56 Å². The molecule has 2 N–H and O–H groups in total. The molecule has 3 rings (SSSR count). The normalized spacial score (nSPS) is 15.8. The molecule has 154 valence electrons. The summed E-state index contributed by atoms with van der Waals surface area (Å²) < 4.78 is 6.68. The molecule has 0 radical (unpaired) electrons. The van der Waals surface area contributed by atoms with Crippen molar-refractivity contribution in [2.24, 2.45) is 0 Å². The minimum absolute atomic E-state index is 0.0768. The number of carbonyl (C=O) groups excluding carboxylic acids is 2. The Kier molecular flexibility index (Phi) is 5.72. The molecule has 1 aromatic carbocycles. The van der Waals surface area contributed by atoms with E-state index >= 15 is 0 Å². The molecule has 0 saturated carbocycles. The molecule has 8 heteroatoms. The van der Waals surface area contributed by atoms with Crippen LogP contribution in [0.5, 0.6) is 0 Å². The van der Waals surface area contributed by atoms with Crippen molar-refractivity contribution in [2.45, 2.75) is 51.8 Å². The van der Waals surface area contributed by atoms with Gasteiger partial charge in [-0.2, -0.15) is 0 Å². The summed E-state index contributed by atoms with van der Waals surface area (Å²) in [5.74, 6) is -0.633. The first-order valence-corrected chi connectivity index (χ1v) is 9.56. The summed E-state index contributed by atoms with van der Waals surface area (Å²) in [6.07, 6.45) is 2.83. The predicted octanol–water partition coefficient (Wildman–Crippen LogP) is 2.04. The van der Waals surface area contributed by atoms with Gasteiger partial charge in [0, 0.05) is 7.05 Å². The molecular formula is C21H26N4O4. The lowest BCUT2D eigenvalue weighted by Gasteiger charge is -2.26. The highest BCUT2D eigenvalue weighted by atomic mass is 16.6. The molecule has 1 aliphatic heterocycles. The van der Waals surface area contributed by atoms with E-state index in [1.165, 1.54) is 17.9 Å². The lowest BCUT2D eigenvalue weighted by Crippen LogP contribution is -2.34. The van der Waals surface area contributed by atoms with Crippen molar-refractivity contribution in [3.8, 4) is 0 Å². The first kappa shape index (κ1) is 20.6. The molecular weight excluding hydrogens is 372 g/mol. The first-order chi connectivity index (χ1) is 13.7. The second-order valence-electron chi connectivity index (χ2n) is 8.03. The topological polar surface area (TPSA) is 102 Å². The Morgan fingerprint density at radius 2 is 1.97 bits per heavy atom. The first-order valence-electron chi connectivity index (χ1n) is 9.56. The van der Waals surface area contributed by atoms with Crippen LogP contribution in [0.2, 0.25) is 0 Å². The Morgan fingerprint density at radius 3 is 2.59 bits per heavy atom. The number of nitrogens with one attached hydrogen (secondary N) is 2. The SMILES string of the molecule is CNC(=O)Cn1cnc2c(c1=O)NC(c1ccc(C(=O)OC(C)(C)C)cc1)CC2. The molecule has 0 fully saturated rings. The fraction of sp³-hybridized carbons (Fsp3) is 0.429. The largest absolute Gasteiger partial charge is 0.456 e.